The topological polar surface area (TPSA) is 69.4 Å². The largest absolute Gasteiger partial charge is 0.465 e. The minimum atomic E-state index is -0.715. The van der Waals surface area contributed by atoms with Crippen molar-refractivity contribution in [3.8, 4) is 0 Å². The van der Waals surface area contributed by atoms with Crippen LogP contribution in [0.3, 0.4) is 0 Å². The van der Waals surface area contributed by atoms with Crippen LogP contribution in [0.25, 0.3) is 0 Å². The number of methoxy groups -OCH3 is 1. The number of halogens is 1. The Bertz CT molecular complexity index is 471. The molecule has 0 fully saturated rings. The molecule has 92 valence electrons. The van der Waals surface area contributed by atoms with E-state index in [0.717, 1.165) is 5.56 Å². The molecule has 1 aromatic carbocycles. The molecule has 0 saturated carbocycles. The predicted octanol–water partition coefficient (Wildman–Crippen LogP) is 3.27. The zero-order valence-corrected chi connectivity index (χ0v) is 11.3. The first-order chi connectivity index (χ1) is 7.88. The molecule has 0 spiro atoms. The quantitative estimate of drug-likeness (QED) is 0.488. The summed E-state index contributed by atoms with van der Waals surface area (Å²) >= 11 is 3.30. The molecule has 0 amide bonds. The molecule has 0 N–H and O–H groups in total. The fourth-order valence-corrected chi connectivity index (χ4v) is 2.25. The molecule has 0 aliphatic carbocycles. The van der Waals surface area contributed by atoms with Gasteiger partial charge in [-0.15, -0.1) is 0 Å². The molecule has 0 atom stereocenters. The Morgan fingerprint density at radius 2 is 2.06 bits per heavy atom. The van der Waals surface area contributed by atoms with Crippen LogP contribution in [-0.2, 0) is 4.74 Å². The highest BCUT2D eigenvalue weighted by atomic mass is 79.9. The number of hydrogen-bond donors (Lipinski definition) is 0. The maximum atomic E-state index is 11.4. The summed E-state index contributed by atoms with van der Waals surface area (Å²) in [5.41, 5.74) is 0.502. The second kappa shape index (κ2) is 5.27. The molecule has 0 aliphatic rings. The van der Waals surface area contributed by atoms with Crippen molar-refractivity contribution < 1.29 is 14.5 Å². The van der Waals surface area contributed by atoms with Crippen LogP contribution in [-0.4, -0.2) is 18.0 Å². The molecular formula is C11H12BrNO4. The Hall–Kier alpha value is -1.43. The van der Waals surface area contributed by atoms with Crippen molar-refractivity contribution in [2.75, 3.05) is 7.11 Å². The lowest BCUT2D eigenvalue weighted by molar-refractivity contribution is -0.385. The third-order valence-corrected chi connectivity index (χ3v) is 3.03. The highest BCUT2D eigenvalue weighted by Crippen LogP contribution is 2.32. The second-order valence-corrected chi connectivity index (χ2v) is 4.65. The standard InChI is InChI=1S/C11H12BrNO4/c1-6(2)7-5-10(13(15)16)8(4-9(7)12)11(14)17-3/h4-6H,1-3H3. The van der Waals surface area contributed by atoms with Gasteiger partial charge in [-0.1, -0.05) is 29.8 Å². The van der Waals surface area contributed by atoms with E-state index in [0.29, 0.717) is 4.47 Å². The van der Waals surface area contributed by atoms with Crippen LogP contribution < -0.4 is 0 Å². The number of nitro groups is 1. The van der Waals surface area contributed by atoms with Crippen molar-refractivity contribution >= 4 is 27.6 Å². The molecule has 0 saturated heterocycles. The van der Waals surface area contributed by atoms with Gasteiger partial charge < -0.3 is 4.74 Å². The molecule has 0 unspecified atom stereocenters. The number of nitro benzene ring substituents is 1. The van der Waals surface area contributed by atoms with Gasteiger partial charge in [0, 0.05) is 10.5 Å². The SMILES string of the molecule is COC(=O)c1cc(Br)c(C(C)C)cc1[N+](=O)[O-]. The van der Waals surface area contributed by atoms with Gasteiger partial charge in [-0.3, -0.25) is 10.1 Å². The number of nitrogens with zero attached hydrogens (tertiary/aromatic N) is 1. The molecule has 0 bridgehead atoms. The van der Waals surface area contributed by atoms with Crippen LogP contribution in [0.2, 0.25) is 0 Å². The van der Waals surface area contributed by atoms with Crippen LogP contribution in [0.4, 0.5) is 5.69 Å². The average molecular weight is 302 g/mol. The van der Waals surface area contributed by atoms with E-state index in [1.54, 1.807) is 0 Å². The Balaban J connectivity index is 3.46. The Kier molecular flexibility index (Phi) is 4.22. The fourth-order valence-electron chi connectivity index (χ4n) is 1.44. The Morgan fingerprint density at radius 3 is 2.47 bits per heavy atom. The zero-order chi connectivity index (χ0) is 13.2. The molecule has 0 heterocycles. The number of hydrogen-bond acceptors (Lipinski definition) is 4. The maximum Gasteiger partial charge on any atom is 0.344 e. The van der Waals surface area contributed by atoms with Crippen LogP contribution in [0.1, 0.15) is 35.7 Å². The maximum absolute atomic E-state index is 11.4. The molecule has 0 radical (unpaired) electrons. The van der Waals surface area contributed by atoms with Crippen LogP contribution in [0.5, 0.6) is 0 Å². The molecule has 5 nitrogen and oxygen atoms in total. The van der Waals surface area contributed by atoms with E-state index in [1.165, 1.54) is 19.2 Å². The highest BCUT2D eigenvalue weighted by molar-refractivity contribution is 9.10. The number of benzene rings is 1. The van der Waals surface area contributed by atoms with Crippen molar-refractivity contribution in [3.05, 3.63) is 37.8 Å². The summed E-state index contributed by atoms with van der Waals surface area (Å²) in [7, 11) is 1.19. The molecule has 17 heavy (non-hydrogen) atoms. The van der Waals surface area contributed by atoms with Gasteiger partial charge in [-0.25, -0.2) is 4.79 Å². The fraction of sp³-hybridized carbons (Fsp3) is 0.364. The monoisotopic (exact) mass is 301 g/mol. The van der Waals surface area contributed by atoms with E-state index in [2.05, 4.69) is 20.7 Å². The van der Waals surface area contributed by atoms with E-state index < -0.39 is 10.9 Å². The number of rotatable bonds is 3. The number of ether oxygens (including phenoxy) is 1. The molecule has 0 aromatic heterocycles. The third kappa shape index (κ3) is 2.82. The van der Waals surface area contributed by atoms with Crippen LogP contribution in [0.15, 0.2) is 16.6 Å². The first kappa shape index (κ1) is 13.6. The molecule has 1 rings (SSSR count). The lowest BCUT2D eigenvalue weighted by Gasteiger charge is -2.10. The van der Waals surface area contributed by atoms with Gasteiger partial charge in [0.15, 0.2) is 0 Å². The highest BCUT2D eigenvalue weighted by Gasteiger charge is 2.24. The first-order valence-corrected chi connectivity index (χ1v) is 5.74. The van der Waals surface area contributed by atoms with Crippen LogP contribution in [0, 0.1) is 10.1 Å². The number of carbonyl (C=O) groups is 1. The van der Waals surface area contributed by atoms with E-state index in [-0.39, 0.29) is 17.2 Å². The minimum Gasteiger partial charge on any atom is -0.465 e. The van der Waals surface area contributed by atoms with Gasteiger partial charge in [0.05, 0.1) is 12.0 Å². The smallest absolute Gasteiger partial charge is 0.344 e. The summed E-state index contributed by atoms with van der Waals surface area (Å²) in [6.07, 6.45) is 0. The van der Waals surface area contributed by atoms with E-state index >= 15 is 0 Å². The molecule has 1 aromatic rings. The number of carbonyl (C=O) groups excluding carboxylic acids is 1. The van der Waals surface area contributed by atoms with Crippen LogP contribution >= 0.6 is 15.9 Å². The van der Waals surface area contributed by atoms with Crippen molar-refractivity contribution in [2.45, 2.75) is 19.8 Å². The summed E-state index contributed by atoms with van der Waals surface area (Å²) in [6, 6.07) is 2.83. The van der Waals surface area contributed by atoms with Gasteiger partial charge in [0.25, 0.3) is 5.69 Å². The predicted molar refractivity (Wildman–Crippen MR) is 66.2 cm³/mol. The summed E-state index contributed by atoms with van der Waals surface area (Å²) in [4.78, 5) is 21.8. The summed E-state index contributed by atoms with van der Waals surface area (Å²) in [5.74, 6) is -0.595. The Morgan fingerprint density at radius 1 is 1.47 bits per heavy atom. The van der Waals surface area contributed by atoms with Gasteiger partial charge in [-0.2, -0.15) is 0 Å². The van der Waals surface area contributed by atoms with Crippen molar-refractivity contribution in [2.24, 2.45) is 0 Å². The number of esters is 1. The lowest BCUT2D eigenvalue weighted by Crippen LogP contribution is -2.07. The van der Waals surface area contributed by atoms with E-state index in [4.69, 9.17) is 0 Å². The van der Waals surface area contributed by atoms with Crippen molar-refractivity contribution in [3.63, 3.8) is 0 Å². The Labute approximate surface area is 107 Å². The summed E-state index contributed by atoms with van der Waals surface area (Å²) in [6.45, 7) is 3.84. The average Bonchev–Trinajstić information content (AvgIpc) is 2.26. The van der Waals surface area contributed by atoms with Gasteiger partial charge in [0.1, 0.15) is 5.56 Å². The van der Waals surface area contributed by atoms with Gasteiger partial charge in [0.2, 0.25) is 0 Å². The third-order valence-electron chi connectivity index (χ3n) is 2.34. The van der Waals surface area contributed by atoms with Gasteiger partial charge in [-0.05, 0) is 17.5 Å². The lowest BCUT2D eigenvalue weighted by atomic mass is 10.0. The minimum absolute atomic E-state index is 0.0474. The zero-order valence-electron chi connectivity index (χ0n) is 9.69. The molecule has 6 heteroatoms. The summed E-state index contributed by atoms with van der Waals surface area (Å²) in [5, 5.41) is 10.9. The van der Waals surface area contributed by atoms with Crippen molar-refractivity contribution in [1.82, 2.24) is 0 Å². The van der Waals surface area contributed by atoms with E-state index in [9.17, 15) is 14.9 Å². The van der Waals surface area contributed by atoms with Gasteiger partial charge >= 0.3 is 5.97 Å². The van der Waals surface area contributed by atoms with E-state index in [1.807, 2.05) is 13.8 Å². The van der Waals surface area contributed by atoms with Crippen molar-refractivity contribution in [1.29, 1.82) is 0 Å². The first-order valence-electron chi connectivity index (χ1n) is 4.94. The summed E-state index contributed by atoms with van der Waals surface area (Å²) < 4.78 is 5.18. The second-order valence-electron chi connectivity index (χ2n) is 3.79. The molecule has 0 aliphatic heterocycles. The normalized spacial score (nSPS) is 10.4. The molecular weight excluding hydrogens is 290 g/mol.